The maximum absolute atomic E-state index is 13.2. The molecule has 0 spiro atoms. The zero-order valence-electron chi connectivity index (χ0n) is 34.6. The number of hydrogen-bond acceptors (Lipinski definition) is 12. The lowest BCUT2D eigenvalue weighted by molar-refractivity contribution is -0.154. The normalized spacial score (nSPS) is 11.8. The van der Waals surface area contributed by atoms with Crippen molar-refractivity contribution >= 4 is 50.8 Å². The molecule has 11 nitrogen and oxygen atoms in total. The maximum Gasteiger partial charge on any atom is 0.343 e. The van der Waals surface area contributed by atoms with Crippen molar-refractivity contribution in [1.82, 2.24) is 4.98 Å². The molecule has 6 aromatic rings. The summed E-state index contributed by atoms with van der Waals surface area (Å²) in [6.07, 6.45) is 3.18. The van der Waals surface area contributed by atoms with Crippen molar-refractivity contribution in [1.29, 1.82) is 0 Å². The van der Waals surface area contributed by atoms with Gasteiger partial charge >= 0.3 is 17.9 Å². The highest BCUT2D eigenvalue weighted by Gasteiger charge is 2.33. The van der Waals surface area contributed by atoms with Gasteiger partial charge < -0.3 is 23.7 Å². The molecule has 0 unspecified atom stereocenters. The minimum absolute atomic E-state index is 0.323. The van der Waals surface area contributed by atoms with Crippen molar-refractivity contribution in [2.75, 3.05) is 5.43 Å². The molecule has 5 aromatic carbocycles. The number of anilines is 1. The Labute approximate surface area is 353 Å². The van der Waals surface area contributed by atoms with Crippen LogP contribution in [0.5, 0.6) is 23.0 Å². The highest BCUT2D eigenvalue weighted by Crippen LogP contribution is 2.32. The van der Waals surface area contributed by atoms with Crippen LogP contribution in [0.1, 0.15) is 81.2 Å². The number of thiazole rings is 1. The zero-order valence-corrected chi connectivity index (χ0v) is 35.4. The number of ether oxygens (including phenoxy) is 5. The first-order chi connectivity index (χ1) is 28.4. The van der Waals surface area contributed by atoms with E-state index < -0.39 is 29.1 Å². The summed E-state index contributed by atoms with van der Waals surface area (Å²) in [5.74, 6) is 0.297. The van der Waals surface area contributed by atoms with Gasteiger partial charge in [0.2, 0.25) is 5.13 Å². The molecule has 1 heterocycles. The highest BCUT2D eigenvalue weighted by atomic mass is 32.1. The van der Waals surface area contributed by atoms with Crippen LogP contribution >= 0.6 is 11.3 Å². The third-order valence-electron chi connectivity index (χ3n) is 8.66. The fourth-order valence-electron chi connectivity index (χ4n) is 6.49. The molecule has 0 aliphatic carbocycles. The Bertz CT molecular complexity index is 2480. The van der Waals surface area contributed by atoms with Crippen molar-refractivity contribution in [3.63, 3.8) is 0 Å². The number of esters is 3. The summed E-state index contributed by atoms with van der Waals surface area (Å²) in [6.45, 7) is 16.7. The summed E-state index contributed by atoms with van der Waals surface area (Å²) in [6, 6.07) is 33.6. The van der Waals surface area contributed by atoms with E-state index in [-0.39, 0.29) is 5.60 Å². The lowest BCUT2D eigenvalue weighted by Gasteiger charge is -2.34. The molecule has 0 saturated heterocycles. The standard InChI is InChI=1S/C48H47N3O8S/c1-9-42(52)59-48(7,8)30-47(5,6)58-37-24-18-32(19-25-37)43(53)55-35-20-14-31(15-21-35)39-27-26-38(56-44(54)33-16-22-36(23-17-33)57-46(2,3)4)28-34(39)29-49-51-45-50-40-12-10-11-13-41(40)60-45/h9-29H,1,30H2,2-8H3,(H,50,51)/b49-29+. The number of rotatable bonds is 15. The van der Waals surface area contributed by atoms with Gasteiger partial charge in [-0.25, -0.2) is 19.4 Å². The molecule has 0 aliphatic rings. The van der Waals surface area contributed by atoms with Crippen molar-refractivity contribution < 1.29 is 38.1 Å². The van der Waals surface area contributed by atoms with Gasteiger partial charge in [-0.05, 0) is 145 Å². The second-order valence-corrected chi connectivity index (χ2v) is 17.1. The van der Waals surface area contributed by atoms with Gasteiger partial charge in [0, 0.05) is 18.1 Å². The Morgan fingerprint density at radius 3 is 1.87 bits per heavy atom. The van der Waals surface area contributed by atoms with Crippen LogP contribution in [0.25, 0.3) is 21.3 Å². The van der Waals surface area contributed by atoms with E-state index in [1.54, 1.807) is 79.0 Å². The number of benzene rings is 5. The monoisotopic (exact) mass is 825 g/mol. The van der Waals surface area contributed by atoms with Crippen LogP contribution in [-0.4, -0.2) is 45.9 Å². The van der Waals surface area contributed by atoms with Crippen molar-refractivity contribution in [2.45, 2.75) is 71.7 Å². The molecule has 0 bridgehead atoms. The Morgan fingerprint density at radius 1 is 0.700 bits per heavy atom. The number of carbonyl (C=O) groups excluding carboxylic acids is 3. The van der Waals surface area contributed by atoms with Gasteiger partial charge in [0.05, 0.1) is 27.6 Å². The summed E-state index contributed by atoms with van der Waals surface area (Å²) >= 11 is 1.48. The molecule has 12 heteroatoms. The molecule has 60 heavy (non-hydrogen) atoms. The van der Waals surface area contributed by atoms with Gasteiger partial charge in [0.1, 0.15) is 39.8 Å². The molecular weight excluding hydrogens is 779 g/mol. The highest BCUT2D eigenvalue weighted by molar-refractivity contribution is 7.22. The summed E-state index contributed by atoms with van der Waals surface area (Å²) in [5.41, 5.74) is 4.99. The quantitative estimate of drug-likeness (QED) is 0.0350. The molecule has 0 saturated carbocycles. The molecule has 0 atom stereocenters. The molecule has 1 N–H and O–H groups in total. The third kappa shape index (κ3) is 11.9. The first kappa shape index (κ1) is 42.8. The molecule has 0 fully saturated rings. The van der Waals surface area contributed by atoms with E-state index in [0.717, 1.165) is 27.4 Å². The average Bonchev–Trinajstić information content (AvgIpc) is 3.60. The molecule has 0 aliphatic heterocycles. The number of fused-ring (bicyclic) bond motifs is 1. The van der Waals surface area contributed by atoms with E-state index in [2.05, 4.69) is 22.1 Å². The Kier molecular flexibility index (Phi) is 12.8. The topological polar surface area (TPSA) is 135 Å². The Hall–Kier alpha value is -6.79. The summed E-state index contributed by atoms with van der Waals surface area (Å²) in [7, 11) is 0. The van der Waals surface area contributed by atoms with E-state index in [0.29, 0.717) is 51.2 Å². The van der Waals surface area contributed by atoms with Crippen molar-refractivity contribution in [3.8, 4) is 34.1 Å². The van der Waals surface area contributed by atoms with E-state index >= 15 is 0 Å². The van der Waals surface area contributed by atoms with Crippen LogP contribution < -0.4 is 24.4 Å². The van der Waals surface area contributed by atoms with Crippen molar-refractivity contribution in [2.24, 2.45) is 5.10 Å². The van der Waals surface area contributed by atoms with Gasteiger partial charge in [-0.15, -0.1) is 0 Å². The minimum atomic E-state index is -0.785. The predicted octanol–water partition coefficient (Wildman–Crippen LogP) is 11.1. The fourth-order valence-corrected chi connectivity index (χ4v) is 7.30. The van der Waals surface area contributed by atoms with Crippen LogP contribution in [0.15, 0.2) is 133 Å². The predicted molar refractivity (Wildman–Crippen MR) is 236 cm³/mol. The van der Waals surface area contributed by atoms with Crippen LogP contribution in [0.3, 0.4) is 0 Å². The van der Waals surface area contributed by atoms with Crippen LogP contribution in [0.4, 0.5) is 5.13 Å². The smallest absolute Gasteiger partial charge is 0.343 e. The van der Waals surface area contributed by atoms with Crippen molar-refractivity contribution in [3.05, 3.63) is 145 Å². The van der Waals surface area contributed by atoms with Crippen LogP contribution in [0, 0.1) is 0 Å². The van der Waals surface area contributed by atoms with Gasteiger partial charge in [-0.2, -0.15) is 5.10 Å². The number of hydrogen-bond donors (Lipinski definition) is 1. The second-order valence-electron chi connectivity index (χ2n) is 16.1. The van der Waals surface area contributed by atoms with Gasteiger partial charge in [-0.3, -0.25) is 5.43 Å². The molecule has 308 valence electrons. The summed E-state index contributed by atoms with van der Waals surface area (Å²) < 4.78 is 30.0. The lowest BCUT2D eigenvalue weighted by Crippen LogP contribution is -2.40. The molecule has 0 radical (unpaired) electrons. The van der Waals surface area contributed by atoms with Crippen LogP contribution in [0.2, 0.25) is 0 Å². The largest absolute Gasteiger partial charge is 0.488 e. The third-order valence-corrected chi connectivity index (χ3v) is 9.60. The van der Waals surface area contributed by atoms with Gasteiger partial charge in [0.25, 0.3) is 0 Å². The molecule has 6 rings (SSSR count). The first-order valence-corrected chi connectivity index (χ1v) is 20.0. The number of aromatic nitrogens is 1. The summed E-state index contributed by atoms with van der Waals surface area (Å²) in [4.78, 5) is 42.6. The number of carbonyl (C=O) groups is 3. The van der Waals surface area contributed by atoms with E-state index in [1.165, 1.54) is 11.3 Å². The van der Waals surface area contributed by atoms with E-state index in [4.69, 9.17) is 23.7 Å². The number of para-hydroxylation sites is 1. The van der Waals surface area contributed by atoms with E-state index in [9.17, 15) is 14.4 Å². The molecule has 1 aromatic heterocycles. The zero-order chi connectivity index (χ0) is 43.1. The lowest BCUT2D eigenvalue weighted by atomic mass is 9.92. The average molecular weight is 826 g/mol. The minimum Gasteiger partial charge on any atom is -0.488 e. The number of hydrazone groups is 1. The molecule has 0 amide bonds. The number of nitrogens with one attached hydrogen (secondary N) is 1. The number of nitrogens with zero attached hydrogens (tertiary/aromatic N) is 2. The summed E-state index contributed by atoms with van der Waals surface area (Å²) in [5, 5.41) is 5.10. The SMILES string of the molecule is C=CC(=O)OC(C)(C)CC(C)(C)Oc1ccc(C(=O)Oc2ccc(-c3ccc(OC(=O)c4ccc(OC(C)(C)C)cc4)cc3/C=N/Nc3nc4ccccc4s3)cc2)cc1. The Balaban J connectivity index is 1.15. The van der Waals surface area contributed by atoms with Gasteiger partial charge in [-0.1, -0.05) is 48.2 Å². The van der Waals surface area contributed by atoms with E-state index in [1.807, 2.05) is 90.9 Å². The molecular formula is C48H47N3O8S. The fraction of sp³-hybridized carbons (Fsp3) is 0.229. The second kappa shape index (κ2) is 18.0. The first-order valence-electron chi connectivity index (χ1n) is 19.2. The Morgan fingerprint density at radius 2 is 1.27 bits per heavy atom. The maximum atomic E-state index is 13.2. The van der Waals surface area contributed by atoms with Gasteiger partial charge in [0.15, 0.2) is 0 Å². The van der Waals surface area contributed by atoms with Crippen LogP contribution in [-0.2, 0) is 9.53 Å².